The zero-order valence-electron chi connectivity index (χ0n) is 8.14. The molecule has 0 saturated carbocycles. The van der Waals surface area contributed by atoms with Crippen molar-refractivity contribution in [1.29, 1.82) is 0 Å². The van der Waals surface area contributed by atoms with Gasteiger partial charge >= 0.3 is 0 Å². The number of aryl methyl sites for hydroxylation is 1. The van der Waals surface area contributed by atoms with Crippen LogP contribution in [0.1, 0.15) is 36.4 Å². The van der Waals surface area contributed by atoms with Gasteiger partial charge < -0.3 is 5.32 Å². The molecule has 0 aliphatic carbocycles. The SMILES string of the molecule is Cc1cn[nH]c1C1CCCNCC1. The van der Waals surface area contributed by atoms with E-state index < -0.39 is 0 Å². The Balaban J connectivity index is 2.10. The van der Waals surface area contributed by atoms with Gasteiger partial charge in [-0.2, -0.15) is 5.10 Å². The average Bonchev–Trinajstić information content (AvgIpc) is 2.43. The molecule has 1 atom stereocenters. The van der Waals surface area contributed by atoms with E-state index in [2.05, 4.69) is 22.4 Å². The molecule has 13 heavy (non-hydrogen) atoms. The first-order chi connectivity index (χ1) is 6.38. The summed E-state index contributed by atoms with van der Waals surface area (Å²) >= 11 is 0. The zero-order valence-corrected chi connectivity index (χ0v) is 8.14. The first kappa shape index (κ1) is 8.75. The standard InChI is InChI=1S/C10H17N3/c1-8-7-12-13-10(8)9-3-2-5-11-6-4-9/h7,9,11H,2-6H2,1H3,(H,12,13). The second-order valence-corrected chi connectivity index (χ2v) is 3.84. The van der Waals surface area contributed by atoms with Crippen molar-refractivity contribution in [2.75, 3.05) is 13.1 Å². The summed E-state index contributed by atoms with van der Waals surface area (Å²) in [6.45, 7) is 4.45. The van der Waals surface area contributed by atoms with Crippen LogP contribution in [0.4, 0.5) is 0 Å². The van der Waals surface area contributed by atoms with Crippen LogP contribution in [0.3, 0.4) is 0 Å². The number of hydrogen-bond acceptors (Lipinski definition) is 2. The van der Waals surface area contributed by atoms with Crippen molar-refractivity contribution in [2.45, 2.75) is 32.1 Å². The summed E-state index contributed by atoms with van der Waals surface area (Å²) in [7, 11) is 0. The summed E-state index contributed by atoms with van der Waals surface area (Å²) in [4.78, 5) is 0. The minimum absolute atomic E-state index is 0.692. The molecule has 1 saturated heterocycles. The Hall–Kier alpha value is -0.830. The molecule has 1 aromatic rings. The van der Waals surface area contributed by atoms with Gasteiger partial charge in [-0.25, -0.2) is 0 Å². The summed E-state index contributed by atoms with van der Waals surface area (Å²) in [5.74, 6) is 0.692. The Morgan fingerprint density at radius 3 is 3.08 bits per heavy atom. The topological polar surface area (TPSA) is 40.7 Å². The number of nitrogens with zero attached hydrogens (tertiary/aromatic N) is 1. The third-order valence-electron chi connectivity index (χ3n) is 2.85. The molecule has 0 spiro atoms. The van der Waals surface area contributed by atoms with Crippen molar-refractivity contribution in [3.05, 3.63) is 17.5 Å². The molecule has 2 rings (SSSR count). The predicted molar refractivity (Wildman–Crippen MR) is 52.8 cm³/mol. The first-order valence-electron chi connectivity index (χ1n) is 5.08. The predicted octanol–water partition coefficient (Wildman–Crippen LogP) is 1.58. The van der Waals surface area contributed by atoms with Gasteiger partial charge in [0.15, 0.2) is 0 Å². The number of hydrogen-bond donors (Lipinski definition) is 2. The molecule has 1 fully saturated rings. The lowest BCUT2D eigenvalue weighted by molar-refractivity contribution is 0.589. The second kappa shape index (κ2) is 3.92. The van der Waals surface area contributed by atoms with E-state index in [1.54, 1.807) is 0 Å². The van der Waals surface area contributed by atoms with E-state index in [4.69, 9.17) is 0 Å². The van der Waals surface area contributed by atoms with Crippen LogP contribution in [-0.2, 0) is 0 Å². The van der Waals surface area contributed by atoms with E-state index >= 15 is 0 Å². The van der Waals surface area contributed by atoms with Gasteiger partial charge in [0.1, 0.15) is 0 Å². The highest BCUT2D eigenvalue weighted by Gasteiger charge is 2.16. The molecule has 1 aliphatic rings. The molecule has 72 valence electrons. The summed E-state index contributed by atoms with van der Waals surface area (Å²) in [5, 5.41) is 10.6. The molecule has 3 heteroatoms. The highest BCUT2D eigenvalue weighted by molar-refractivity contribution is 5.18. The lowest BCUT2D eigenvalue weighted by Gasteiger charge is -2.12. The van der Waals surface area contributed by atoms with Crippen LogP contribution in [0.2, 0.25) is 0 Å². The summed E-state index contributed by atoms with van der Waals surface area (Å²) in [6, 6.07) is 0. The van der Waals surface area contributed by atoms with Gasteiger partial charge in [-0.1, -0.05) is 0 Å². The number of rotatable bonds is 1. The fraction of sp³-hybridized carbons (Fsp3) is 0.700. The summed E-state index contributed by atoms with van der Waals surface area (Å²) < 4.78 is 0. The third-order valence-corrected chi connectivity index (χ3v) is 2.85. The lowest BCUT2D eigenvalue weighted by Crippen LogP contribution is -2.14. The molecule has 0 radical (unpaired) electrons. The second-order valence-electron chi connectivity index (χ2n) is 3.84. The first-order valence-corrected chi connectivity index (χ1v) is 5.08. The largest absolute Gasteiger partial charge is 0.317 e. The molecule has 1 aromatic heterocycles. The molecular formula is C10H17N3. The molecule has 0 amide bonds. The van der Waals surface area contributed by atoms with E-state index in [9.17, 15) is 0 Å². The molecule has 1 unspecified atom stereocenters. The quantitative estimate of drug-likeness (QED) is 0.687. The van der Waals surface area contributed by atoms with Crippen LogP contribution in [-0.4, -0.2) is 23.3 Å². The Morgan fingerprint density at radius 2 is 2.31 bits per heavy atom. The summed E-state index contributed by atoms with van der Waals surface area (Å²) in [5.41, 5.74) is 2.66. The number of aromatic amines is 1. The minimum Gasteiger partial charge on any atom is -0.317 e. The van der Waals surface area contributed by atoms with Crippen molar-refractivity contribution in [3.63, 3.8) is 0 Å². The van der Waals surface area contributed by atoms with Crippen LogP contribution in [0.5, 0.6) is 0 Å². The van der Waals surface area contributed by atoms with Crippen LogP contribution in [0, 0.1) is 6.92 Å². The van der Waals surface area contributed by atoms with E-state index in [0.29, 0.717) is 5.92 Å². The normalized spacial score (nSPS) is 24.2. The van der Waals surface area contributed by atoms with E-state index in [-0.39, 0.29) is 0 Å². The van der Waals surface area contributed by atoms with Gasteiger partial charge in [-0.15, -0.1) is 0 Å². The van der Waals surface area contributed by atoms with E-state index in [1.807, 2.05) is 6.20 Å². The highest BCUT2D eigenvalue weighted by Crippen LogP contribution is 2.26. The number of aromatic nitrogens is 2. The minimum atomic E-state index is 0.692. The Kier molecular flexibility index (Phi) is 2.64. The molecule has 1 aliphatic heterocycles. The van der Waals surface area contributed by atoms with Crippen LogP contribution in [0.25, 0.3) is 0 Å². The zero-order chi connectivity index (χ0) is 9.10. The number of H-pyrrole nitrogens is 1. The molecule has 0 aromatic carbocycles. The van der Waals surface area contributed by atoms with E-state index in [1.165, 1.54) is 37.1 Å². The van der Waals surface area contributed by atoms with Crippen molar-refractivity contribution >= 4 is 0 Å². The van der Waals surface area contributed by atoms with Gasteiger partial charge in [0.05, 0.1) is 6.20 Å². The molecule has 0 bridgehead atoms. The fourth-order valence-electron chi connectivity index (χ4n) is 2.08. The third kappa shape index (κ3) is 1.91. The maximum absolute atomic E-state index is 4.08. The van der Waals surface area contributed by atoms with Gasteiger partial charge in [0, 0.05) is 11.6 Å². The Labute approximate surface area is 78.9 Å². The Morgan fingerprint density at radius 1 is 1.38 bits per heavy atom. The maximum Gasteiger partial charge on any atom is 0.0519 e. The maximum atomic E-state index is 4.08. The number of nitrogens with one attached hydrogen (secondary N) is 2. The van der Waals surface area contributed by atoms with Gasteiger partial charge in [-0.05, 0) is 44.8 Å². The van der Waals surface area contributed by atoms with Gasteiger partial charge in [0.25, 0.3) is 0 Å². The van der Waals surface area contributed by atoms with Gasteiger partial charge in [-0.3, -0.25) is 5.10 Å². The van der Waals surface area contributed by atoms with Crippen molar-refractivity contribution in [2.24, 2.45) is 0 Å². The average molecular weight is 179 g/mol. The monoisotopic (exact) mass is 179 g/mol. The smallest absolute Gasteiger partial charge is 0.0519 e. The van der Waals surface area contributed by atoms with E-state index in [0.717, 1.165) is 6.54 Å². The van der Waals surface area contributed by atoms with Crippen LogP contribution < -0.4 is 5.32 Å². The molecular weight excluding hydrogens is 162 g/mol. The van der Waals surface area contributed by atoms with Crippen LogP contribution >= 0.6 is 0 Å². The fourth-order valence-corrected chi connectivity index (χ4v) is 2.08. The van der Waals surface area contributed by atoms with Crippen molar-refractivity contribution in [1.82, 2.24) is 15.5 Å². The highest BCUT2D eigenvalue weighted by atomic mass is 15.1. The lowest BCUT2D eigenvalue weighted by atomic mass is 9.95. The van der Waals surface area contributed by atoms with Crippen molar-refractivity contribution < 1.29 is 0 Å². The summed E-state index contributed by atoms with van der Waals surface area (Å²) in [6.07, 6.45) is 5.73. The molecule has 2 N–H and O–H groups in total. The van der Waals surface area contributed by atoms with Crippen LogP contribution in [0.15, 0.2) is 6.20 Å². The Bertz CT molecular complexity index is 259. The van der Waals surface area contributed by atoms with Gasteiger partial charge in [0.2, 0.25) is 0 Å². The molecule has 2 heterocycles. The molecule has 3 nitrogen and oxygen atoms in total. The van der Waals surface area contributed by atoms with Crippen molar-refractivity contribution in [3.8, 4) is 0 Å².